The van der Waals surface area contributed by atoms with Gasteiger partial charge < -0.3 is 5.11 Å². The van der Waals surface area contributed by atoms with Gasteiger partial charge in [0.25, 0.3) is 0 Å². The molecule has 0 aliphatic rings. The number of hydrogen-bond donors (Lipinski definition) is 1. The Morgan fingerprint density at radius 2 is 1.95 bits per heavy atom. The highest BCUT2D eigenvalue weighted by atomic mass is 79.9. The van der Waals surface area contributed by atoms with Gasteiger partial charge in [0.1, 0.15) is 0 Å². The van der Waals surface area contributed by atoms with Gasteiger partial charge in [-0.25, -0.2) is 0 Å². The number of hydrogen-bond acceptors (Lipinski definition) is 2. The van der Waals surface area contributed by atoms with Crippen molar-refractivity contribution in [1.29, 1.82) is 0 Å². The van der Waals surface area contributed by atoms with E-state index in [9.17, 15) is 5.11 Å². The molecule has 0 saturated carbocycles. The molecule has 0 heterocycles. The Labute approximate surface area is 127 Å². The van der Waals surface area contributed by atoms with Crippen LogP contribution in [0.4, 0.5) is 0 Å². The summed E-state index contributed by atoms with van der Waals surface area (Å²) in [6.45, 7) is 2.08. The van der Waals surface area contributed by atoms with Crippen LogP contribution in [-0.2, 0) is 6.42 Å². The van der Waals surface area contributed by atoms with Gasteiger partial charge in [-0.05, 0) is 47.0 Å². The van der Waals surface area contributed by atoms with Gasteiger partial charge in [-0.2, -0.15) is 0 Å². The van der Waals surface area contributed by atoms with Gasteiger partial charge in [-0.15, -0.1) is 11.8 Å². The van der Waals surface area contributed by atoms with Crippen LogP contribution in [-0.4, -0.2) is 17.0 Å². The maximum absolute atomic E-state index is 10.1. The van der Waals surface area contributed by atoms with Crippen LogP contribution in [0.3, 0.4) is 0 Å². The van der Waals surface area contributed by atoms with Crippen molar-refractivity contribution in [3.8, 4) is 0 Å². The van der Waals surface area contributed by atoms with Gasteiger partial charge in [0.2, 0.25) is 0 Å². The van der Waals surface area contributed by atoms with Crippen molar-refractivity contribution in [2.75, 3.05) is 5.75 Å². The second-order valence-electron chi connectivity index (χ2n) is 4.59. The topological polar surface area (TPSA) is 20.2 Å². The van der Waals surface area contributed by atoms with Crippen molar-refractivity contribution in [3.63, 3.8) is 0 Å². The Morgan fingerprint density at radius 1 is 1.16 bits per heavy atom. The summed E-state index contributed by atoms with van der Waals surface area (Å²) in [4.78, 5) is 1.17. The molecule has 0 spiro atoms. The molecule has 2 aromatic carbocycles. The molecule has 3 heteroatoms. The summed E-state index contributed by atoms with van der Waals surface area (Å²) in [5, 5.41) is 10.1. The van der Waals surface area contributed by atoms with E-state index in [0.29, 0.717) is 12.2 Å². The highest BCUT2D eigenvalue weighted by Gasteiger charge is 2.08. The first-order valence-corrected chi connectivity index (χ1v) is 8.04. The maximum Gasteiger partial charge on any atom is 0.0674 e. The smallest absolute Gasteiger partial charge is 0.0674 e. The van der Waals surface area contributed by atoms with Crippen LogP contribution in [0.5, 0.6) is 0 Å². The van der Waals surface area contributed by atoms with Gasteiger partial charge in [0, 0.05) is 15.1 Å². The van der Waals surface area contributed by atoms with Crippen LogP contribution in [0, 0.1) is 6.92 Å². The zero-order valence-electron chi connectivity index (χ0n) is 10.8. The Morgan fingerprint density at radius 3 is 2.68 bits per heavy atom. The van der Waals surface area contributed by atoms with Crippen LogP contribution >= 0.6 is 27.7 Å². The van der Waals surface area contributed by atoms with E-state index in [1.165, 1.54) is 16.0 Å². The lowest BCUT2D eigenvalue weighted by Crippen LogP contribution is -2.13. The average Bonchev–Trinajstić information content (AvgIpc) is 2.38. The molecule has 0 saturated heterocycles. The van der Waals surface area contributed by atoms with Gasteiger partial charge in [0.05, 0.1) is 6.10 Å². The summed E-state index contributed by atoms with van der Waals surface area (Å²) in [5.74, 6) is 0.705. The zero-order chi connectivity index (χ0) is 13.7. The van der Waals surface area contributed by atoms with E-state index in [-0.39, 0.29) is 6.10 Å². The van der Waals surface area contributed by atoms with Crippen LogP contribution in [0.15, 0.2) is 57.9 Å². The molecule has 0 amide bonds. The summed E-state index contributed by atoms with van der Waals surface area (Å²) in [5.41, 5.74) is 2.43. The second kappa shape index (κ2) is 7.13. The summed E-state index contributed by atoms with van der Waals surface area (Å²) < 4.78 is 1.09. The molecule has 2 rings (SSSR count). The molecule has 0 fully saturated rings. The molecule has 19 heavy (non-hydrogen) atoms. The first kappa shape index (κ1) is 14.6. The Hall–Kier alpha value is -0.770. The lowest BCUT2D eigenvalue weighted by molar-refractivity contribution is 0.200. The number of aliphatic hydroxyl groups excluding tert-OH is 1. The first-order valence-electron chi connectivity index (χ1n) is 6.26. The second-order valence-corrected chi connectivity index (χ2v) is 6.50. The molecule has 0 radical (unpaired) electrons. The molecule has 100 valence electrons. The Bertz CT molecular complexity index is 542. The molecule has 0 aromatic heterocycles. The van der Waals surface area contributed by atoms with Crippen LogP contribution in [0.2, 0.25) is 0 Å². The summed E-state index contributed by atoms with van der Waals surface area (Å²) in [7, 11) is 0. The minimum absolute atomic E-state index is 0.320. The number of rotatable bonds is 5. The highest BCUT2D eigenvalue weighted by Crippen LogP contribution is 2.27. The average molecular weight is 337 g/mol. The van der Waals surface area contributed by atoms with Crippen molar-refractivity contribution in [1.82, 2.24) is 0 Å². The van der Waals surface area contributed by atoms with Crippen molar-refractivity contribution in [2.24, 2.45) is 0 Å². The van der Waals surface area contributed by atoms with Gasteiger partial charge in [-0.3, -0.25) is 0 Å². The monoisotopic (exact) mass is 336 g/mol. The fourth-order valence-electron chi connectivity index (χ4n) is 1.92. The minimum atomic E-state index is -0.320. The molecule has 0 aliphatic heterocycles. The number of halogens is 1. The number of aliphatic hydroxyl groups is 1. The van der Waals surface area contributed by atoms with Crippen molar-refractivity contribution in [3.05, 3.63) is 64.1 Å². The SMILES string of the molecule is Cc1cccc(CC(O)CSc2ccccc2Br)c1. The lowest BCUT2D eigenvalue weighted by Gasteiger charge is -2.11. The van der Waals surface area contributed by atoms with Gasteiger partial charge in [-0.1, -0.05) is 42.0 Å². The maximum atomic E-state index is 10.1. The van der Waals surface area contributed by atoms with E-state index in [2.05, 4.69) is 47.1 Å². The normalized spacial score (nSPS) is 12.4. The third-order valence-electron chi connectivity index (χ3n) is 2.82. The molecule has 0 bridgehead atoms. The van der Waals surface area contributed by atoms with Gasteiger partial charge >= 0.3 is 0 Å². The molecule has 1 atom stereocenters. The predicted molar refractivity (Wildman–Crippen MR) is 85.8 cm³/mol. The predicted octanol–water partition coefficient (Wildman–Crippen LogP) is 4.45. The standard InChI is InChI=1S/C16H17BrOS/c1-12-5-4-6-13(9-12)10-14(18)11-19-16-8-3-2-7-15(16)17/h2-9,14,18H,10-11H2,1H3. The zero-order valence-corrected chi connectivity index (χ0v) is 13.2. The number of aryl methyl sites for hydroxylation is 1. The first-order chi connectivity index (χ1) is 9.15. The van der Waals surface area contributed by atoms with E-state index >= 15 is 0 Å². The lowest BCUT2D eigenvalue weighted by atomic mass is 10.1. The van der Waals surface area contributed by atoms with Crippen LogP contribution in [0.25, 0.3) is 0 Å². The van der Waals surface area contributed by atoms with Crippen molar-refractivity contribution in [2.45, 2.75) is 24.3 Å². The molecule has 0 aliphatic carbocycles. The fraction of sp³-hybridized carbons (Fsp3) is 0.250. The molecular weight excluding hydrogens is 320 g/mol. The van der Waals surface area contributed by atoms with E-state index in [1.54, 1.807) is 11.8 Å². The Balaban J connectivity index is 1.88. The summed E-state index contributed by atoms with van der Waals surface area (Å²) >= 11 is 5.20. The van der Waals surface area contributed by atoms with Crippen LogP contribution in [0.1, 0.15) is 11.1 Å². The van der Waals surface area contributed by atoms with Crippen molar-refractivity contribution >= 4 is 27.7 Å². The Kier molecular flexibility index (Phi) is 5.49. The van der Waals surface area contributed by atoms with E-state index in [4.69, 9.17) is 0 Å². The molecule has 1 nitrogen and oxygen atoms in total. The molecular formula is C16H17BrOS. The minimum Gasteiger partial charge on any atom is -0.392 e. The molecule has 1 N–H and O–H groups in total. The van der Waals surface area contributed by atoms with E-state index in [1.807, 2.05) is 24.3 Å². The number of thioether (sulfide) groups is 1. The molecule has 2 aromatic rings. The quantitative estimate of drug-likeness (QED) is 0.814. The highest BCUT2D eigenvalue weighted by molar-refractivity contribution is 9.10. The fourth-order valence-corrected chi connectivity index (χ4v) is 3.42. The van der Waals surface area contributed by atoms with Crippen molar-refractivity contribution < 1.29 is 5.11 Å². The largest absolute Gasteiger partial charge is 0.392 e. The number of benzene rings is 2. The van der Waals surface area contributed by atoms with Crippen LogP contribution < -0.4 is 0 Å². The summed E-state index contributed by atoms with van der Waals surface area (Å²) in [6.07, 6.45) is 0.387. The van der Waals surface area contributed by atoms with Gasteiger partial charge in [0.15, 0.2) is 0 Å². The molecule has 1 unspecified atom stereocenters. The van der Waals surface area contributed by atoms with E-state index < -0.39 is 0 Å². The third-order valence-corrected chi connectivity index (χ3v) is 4.99. The summed E-state index contributed by atoms with van der Waals surface area (Å²) in [6, 6.07) is 16.4. The van der Waals surface area contributed by atoms with E-state index in [0.717, 1.165) is 4.47 Å². The third kappa shape index (κ3) is 4.68.